The third kappa shape index (κ3) is 4.03. The molecule has 0 aromatic carbocycles. The Hall–Kier alpha value is -1.43. The van der Waals surface area contributed by atoms with Crippen molar-refractivity contribution < 1.29 is 19.1 Å². The Balaban J connectivity index is 2.39. The van der Waals surface area contributed by atoms with Gasteiger partial charge in [-0.3, -0.25) is 19.3 Å². The second-order valence-corrected chi connectivity index (χ2v) is 5.25. The van der Waals surface area contributed by atoms with E-state index in [0.29, 0.717) is 38.8 Å². The first-order chi connectivity index (χ1) is 9.44. The first-order valence-corrected chi connectivity index (χ1v) is 7.11. The van der Waals surface area contributed by atoms with Crippen LogP contribution in [0.4, 0.5) is 0 Å². The van der Waals surface area contributed by atoms with Crippen LogP contribution in [0.5, 0.6) is 0 Å². The minimum atomic E-state index is -0.706. The molecule has 2 amide bonds. The molecule has 1 atom stereocenters. The van der Waals surface area contributed by atoms with Crippen LogP contribution in [0.1, 0.15) is 46.0 Å². The fourth-order valence-corrected chi connectivity index (χ4v) is 2.50. The number of likely N-dealkylation sites (tertiary alicyclic amines) is 1. The van der Waals surface area contributed by atoms with Gasteiger partial charge in [0.05, 0.1) is 7.11 Å². The molecule has 1 heterocycles. The molecule has 1 fully saturated rings. The zero-order valence-corrected chi connectivity index (χ0v) is 12.5. The SMILES string of the molecule is CCNC(C)(CCCCN1C(=O)CCC1=O)C(=O)OC. The fourth-order valence-electron chi connectivity index (χ4n) is 2.50. The number of hydrogen-bond acceptors (Lipinski definition) is 5. The number of amides is 2. The third-order valence-corrected chi connectivity index (χ3v) is 3.67. The van der Waals surface area contributed by atoms with Crippen molar-refractivity contribution in [3.63, 3.8) is 0 Å². The Kier molecular flexibility index (Phi) is 6.13. The number of nitrogens with zero attached hydrogens (tertiary/aromatic N) is 1. The molecule has 1 aliphatic heterocycles. The van der Waals surface area contributed by atoms with Crippen molar-refractivity contribution in [1.82, 2.24) is 10.2 Å². The summed E-state index contributed by atoms with van der Waals surface area (Å²) in [5.41, 5.74) is -0.706. The molecule has 6 heteroatoms. The van der Waals surface area contributed by atoms with Gasteiger partial charge in [0.2, 0.25) is 11.8 Å². The van der Waals surface area contributed by atoms with Gasteiger partial charge >= 0.3 is 5.97 Å². The topological polar surface area (TPSA) is 75.7 Å². The molecule has 1 aliphatic rings. The van der Waals surface area contributed by atoms with Gasteiger partial charge in [-0.2, -0.15) is 0 Å². The normalized spacial score (nSPS) is 18.2. The summed E-state index contributed by atoms with van der Waals surface area (Å²) in [4.78, 5) is 36.0. The van der Waals surface area contributed by atoms with Gasteiger partial charge in [-0.15, -0.1) is 0 Å². The molecule has 1 unspecified atom stereocenters. The highest BCUT2D eigenvalue weighted by Gasteiger charge is 2.33. The van der Waals surface area contributed by atoms with Crippen LogP contribution >= 0.6 is 0 Å². The van der Waals surface area contributed by atoms with Gasteiger partial charge < -0.3 is 10.1 Å². The average molecular weight is 284 g/mol. The number of rotatable bonds is 8. The van der Waals surface area contributed by atoms with Gasteiger partial charge in [0.15, 0.2) is 0 Å². The number of methoxy groups -OCH3 is 1. The van der Waals surface area contributed by atoms with E-state index in [-0.39, 0.29) is 17.8 Å². The molecule has 0 spiro atoms. The Labute approximate surface area is 119 Å². The molecule has 1 saturated heterocycles. The molecule has 20 heavy (non-hydrogen) atoms. The Morgan fingerprint density at radius 1 is 1.30 bits per heavy atom. The lowest BCUT2D eigenvalue weighted by atomic mass is 9.94. The maximum atomic E-state index is 11.8. The van der Waals surface area contributed by atoms with E-state index < -0.39 is 5.54 Å². The minimum Gasteiger partial charge on any atom is -0.468 e. The van der Waals surface area contributed by atoms with Crippen molar-refractivity contribution in [1.29, 1.82) is 0 Å². The highest BCUT2D eigenvalue weighted by atomic mass is 16.5. The summed E-state index contributed by atoms with van der Waals surface area (Å²) in [5, 5.41) is 3.13. The lowest BCUT2D eigenvalue weighted by molar-refractivity contribution is -0.148. The molecule has 0 aromatic heterocycles. The molecule has 1 N–H and O–H groups in total. The summed E-state index contributed by atoms with van der Waals surface area (Å²) >= 11 is 0. The highest BCUT2D eigenvalue weighted by molar-refractivity contribution is 6.01. The standard InChI is InChI=1S/C14H24N2O4/c1-4-15-14(2,13(19)20-3)9-5-6-10-16-11(17)7-8-12(16)18/h15H,4-10H2,1-3H3. The van der Waals surface area contributed by atoms with Crippen molar-refractivity contribution in [2.45, 2.75) is 51.5 Å². The van der Waals surface area contributed by atoms with E-state index in [0.717, 1.165) is 6.42 Å². The second-order valence-electron chi connectivity index (χ2n) is 5.25. The largest absolute Gasteiger partial charge is 0.468 e. The molecule has 0 bridgehead atoms. The number of ether oxygens (including phenoxy) is 1. The van der Waals surface area contributed by atoms with E-state index in [1.54, 1.807) is 0 Å². The molecule has 6 nitrogen and oxygen atoms in total. The van der Waals surface area contributed by atoms with Gasteiger partial charge in [-0.05, 0) is 32.7 Å². The summed E-state index contributed by atoms with van der Waals surface area (Å²) in [5.74, 6) is -0.456. The predicted molar refractivity (Wildman–Crippen MR) is 73.9 cm³/mol. The van der Waals surface area contributed by atoms with Gasteiger partial charge in [-0.25, -0.2) is 0 Å². The zero-order chi connectivity index (χ0) is 15.2. The van der Waals surface area contributed by atoms with E-state index in [9.17, 15) is 14.4 Å². The lowest BCUT2D eigenvalue weighted by Crippen LogP contribution is -2.50. The zero-order valence-electron chi connectivity index (χ0n) is 12.5. The number of nitrogens with one attached hydrogen (secondary N) is 1. The molecule has 1 rings (SSSR count). The van der Waals surface area contributed by atoms with Crippen molar-refractivity contribution in [2.24, 2.45) is 0 Å². The first kappa shape index (κ1) is 16.6. The first-order valence-electron chi connectivity index (χ1n) is 7.11. The summed E-state index contributed by atoms with van der Waals surface area (Å²) in [7, 11) is 1.37. The van der Waals surface area contributed by atoms with Crippen LogP contribution in [0.15, 0.2) is 0 Å². The summed E-state index contributed by atoms with van der Waals surface area (Å²) in [6.07, 6.45) is 2.72. The van der Waals surface area contributed by atoms with Crippen LogP contribution in [0, 0.1) is 0 Å². The molecule has 0 saturated carbocycles. The minimum absolute atomic E-state index is 0.0857. The Bertz CT molecular complexity index is 367. The summed E-state index contributed by atoms with van der Waals surface area (Å²) in [6.45, 7) is 4.87. The third-order valence-electron chi connectivity index (χ3n) is 3.67. The van der Waals surface area contributed by atoms with Crippen molar-refractivity contribution in [3.8, 4) is 0 Å². The predicted octanol–water partition coefficient (Wildman–Crippen LogP) is 0.847. The second kappa shape index (κ2) is 7.38. The fraction of sp³-hybridized carbons (Fsp3) is 0.786. The monoisotopic (exact) mass is 284 g/mol. The van der Waals surface area contributed by atoms with Gasteiger partial charge in [0, 0.05) is 19.4 Å². The molecular weight excluding hydrogens is 260 g/mol. The number of likely N-dealkylation sites (N-methyl/N-ethyl adjacent to an activating group) is 1. The number of hydrogen-bond donors (Lipinski definition) is 1. The quantitative estimate of drug-likeness (QED) is 0.406. The van der Waals surface area contributed by atoms with Crippen LogP contribution in [-0.4, -0.2) is 48.4 Å². The highest BCUT2D eigenvalue weighted by Crippen LogP contribution is 2.18. The van der Waals surface area contributed by atoms with E-state index in [4.69, 9.17) is 4.74 Å². The van der Waals surface area contributed by atoms with E-state index in [2.05, 4.69) is 5.32 Å². The number of carbonyl (C=O) groups is 3. The van der Waals surface area contributed by atoms with Crippen LogP contribution in [0.3, 0.4) is 0 Å². The molecule has 114 valence electrons. The lowest BCUT2D eigenvalue weighted by Gasteiger charge is -2.27. The van der Waals surface area contributed by atoms with E-state index in [1.165, 1.54) is 12.0 Å². The number of unbranched alkanes of at least 4 members (excludes halogenated alkanes) is 1. The number of imide groups is 1. The molecule has 0 aromatic rings. The number of carbonyl (C=O) groups excluding carboxylic acids is 3. The van der Waals surface area contributed by atoms with Crippen molar-refractivity contribution in [3.05, 3.63) is 0 Å². The maximum Gasteiger partial charge on any atom is 0.325 e. The summed E-state index contributed by atoms with van der Waals surface area (Å²) < 4.78 is 4.81. The summed E-state index contributed by atoms with van der Waals surface area (Å²) in [6, 6.07) is 0. The van der Waals surface area contributed by atoms with E-state index >= 15 is 0 Å². The van der Waals surface area contributed by atoms with Crippen LogP contribution < -0.4 is 5.32 Å². The van der Waals surface area contributed by atoms with E-state index in [1.807, 2.05) is 13.8 Å². The average Bonchev–Trinajstić information content (AvgIpc) is 2.74. The van der Waals surface area contributed by atoms with Crippen LogP contribution in [0.25, 0.3) is 0 Å². The van der Waals surface area contributed by atoms with Gasteiger partial charge in [0.25, 0.3) is 0 Å². The van der Waals surface area contributed by atoms with Gasteiger partial charge in [0.1, 0.15) is 5.54 Å². The van der Waals surface area contributed by atoms with Crippen molar-refractivity contribution in [2.75, 3.05) is 20.2 Å². The Morgan fingerprint density at radius 3 is 2.40 bits per heavy atom. The molecule has 0 aliphatic carbocycles. The van der Waals surface area contributed by atoms with Crippen molar-refractivity contribution >= 4 is 17.8 Å². The van der Waals surface area contributed by atoms with Crippen LogP contribution in [0.2, 0.25) is 0 Å². The maximum absolute atomic E-state index is 11.8. The van der Waals surface area contributed by atoms with Crippen LogP contribution in [-0.2, 0) is 19.1 Å². The number of esters is 1. The smallest absolute Gasteiger partial charge is 0.325 e. The molecular formula is C14H24N2O4. The van der Waals surface area contributed by atoms with Gasteiger partial charge in [-0.1, -0.05) is 6.92 Å². The molecule has 0 radical (unpaired) electrons. The Morgan fingerprint density at radius 2 is 1.90 bits per heavy atom.